The largest absolute Gasteiger partial charge is 0.399 e. The zero-order valence-corrected chi connectivity index (χ0v) is 10.3. The third-order valence-electron chi connectivity index (χ3n) is 2.89. The van der Waals surface area contributed by atoms with Crippen LogP contribution in [0.1, 0.15) is 0 Å². The number of pyridine rings is 2. The van der Waals surface area contributed by atoms with E-state index in [0.29, 0.717) is 5.69 Å². The molecule has 0 bridgehead atoms. The van der Waals surface area contributed by atoms with Crippen LogP contribution in [0.15, 0.2) is 67.0 Å². The van der Waals surface area contributed by atoms with Gasteiger partial charge in [0.05, 0.1) is 11.4 Å². The highest BCUT2D eigenvalue weighted by Gasteiger charge is 2.05. The second-order valence-corrected chi connectivity index (χ2v) is 4.27. The first-order valence-electron chi connectivity index (χ1n) is 6.06. The number of hydrogen-bond donors (Lipinski definition) is 1. The summed E-state index contributed by atoms with van der Waals surface area (Å²) < 4.78 is 0. The van der Waals surface area contributed by atoms with E-state index in [-0.39, 0.29) is 0 Å². The van der Waals surface area contributed by atoms with E-state index in [9.17, 15) is 0 Å². The number of nitrogen functional groups attached to an aromatic ring is 1. The quantitative estimate of drug-likeness (QED) is 0.755. The van der Waals surface area contributed by atoms with Gasteiger partial charge in [-0.1, -0.05) is 30.3 Å². The van der Waals surface area contributed by atoms with Crippen LogP contribution in [-0.4, -0.2) is 9.97 Å². The van der Waals surface area contributed by atoms with Gasteiger partial charge in [0, 0.05) is 29.2 Å². The molecule has 0 amide bonds. The van der Waals surface area contributed by atoms with Gasteiger partial charge < -0.3 is 5.73 Å². The Morgan fingerprint density at radius 3 is 1.95 bits per heavy atom. The van der Waals surface area contributed by atoms with E-state index in [0.717, 1.165) is 22.5 Å². The summed E-state index contributed by atoms with van der Waals surface area (Å²) in [5.74, 6) is 0. The van der Waals surface area contributed by atoms with Gasteiger partial charge in [0.1, 0.15) is 0 Å². The van der Waals surface area contributed by atoms with Crippen molar-refractivity contribution in [2.75, 3.05) is 5.73 Å². The molecule has 0 spiro atoms. The molecule has 0 unspecified atom stereocenters. The van der Waals surface area contributed by atoms with Crippen LogP contribution in [0.4, 0.5) is 5.69 Å². The van der Waals surface area contributed by atoms with Crippen LogP contribution in [0.2, 0.25) is 0 Å². The molecule has 19 heavy (non-hydrogen) atoms. The lowest BCUT2D eigenvalue weighted by molar-refractivity contribution is 1.29. The van der Waals surface area contributed by atoms with Crippen LogP contribution in [0.25, 0.3) is 22.5 Å². The number of rotatable bonds is 2. The van der Waals surface area contributed by atoms with Gasteiger partial charge in [-0.05, 0) is 24.3 Å². The standard InChI is InChI=1S/C16H13N3/c17-14-10-15(12-4-2-1-3-5-12)19-16(11-14)13-6-8-18-9-7-13/h1-11H,(H2,17,19). The van der Waals surface area contributed by atoms with Crippen molar-refractivity contribution in [3.05, 3.63) is 67.0 Å². The Labute approximate surface area is 111 Å². The van der Waals surface area contributed by atoms with Crippen molar-refractivity contribution in [2.24, 2.45) is 0 Å². The molecule has 2 N–H and O–H groups in total. The summed E-state index contributed by atoms with van der Waals surface area (Å²) in [5.41, 5.74) is 10.5. The van der Waals surface area contributed by atoms with Crippen molar-refractivity contribution in [1.29, 1.82) is 0 Å². The maximum absolute atomic E-state index is 5.98. The van der Waals surface area contributed by atoms with Crippen LogP contribution < -0.4 is 5.73 Å². The Morgan fingerprint density at radius 1 is 0.737 bits per heavy atom. The number of hydrogen-bond acceptors (Lipinski definition) is 3. The van der Waals surface area contributed by atoms with Crippen molar-refractivity contribution in [1.82, 2.24) is 9.97 Å². The molecule has 3 aromatic rings. The molecule has 2 heterocycles. The maximum atomic E-state index is 5.98. The van der Waals surface area contributed by atoms with Gasteiger partial charge in [0.15, 0.2) is 0 Å². The second-order valence-electron chi connectivity index (χ2n) is 4.27. The van der Waals surface area contributed by atoms with E-state index < -0.39 is 0 Å². The Hall–Kier alpha value is -2.68. The monoisotopic (exact) mass is 247 g/mol. The molecule has 2 aromatic heterocycles. The smallest absolute Gasteiger partial charge is 0.0731 e. The Bertz CT molecular complexity index is 621. The zero-order chi connectivity index (χ0) is 13.1. The number of nitrogens with two attached hydrogens (primary N) is 1. The fraction of sp³-hybridized carbons (Fsp3) is 0. The molecule has 92 valence electrons. The highest BCUT2D eigenvalue weighted by Crippen LogP contribution is 2.25. The lowest BCUT2D eigenvalue weighted by Crippen LogP contribution is -1.93. The summed E-state index contributed by atoms with van der Waals surface area (Å²) >= 11 is 0. The fourth-order valence-corrected chi connectivity index (χ4v) is 1.98. The highest BCUT2D eigenvalue weighted by molar-refractivity contribution is 5.70. The van der Waals surface area contributed by atoms with E-state index in [1.807, 2.05) is 54.6 Å². The molecule has 0 saturated carbocycles. The molecule has 0 aliphatic heterocycles. The van der Waals surface area contributed by atoms with Crippen molar-refractivity contribution in [3.63, 3.8) is 0 Å². The normalized spacial score (nSPS) is 10.3. The van der Waals surface area contributed by atoms with Crippen LogP contribution in [-0.2, 0) is 0 Å². The van der Waals surface area contributed by atoms with E-state index in [2.05, 4.69) is 9.97 Å². The van der Waals surface area contributed by atoms with E-state index >= 15 is 0 Å². The number of nitrogens with zero attached hydrogens (tertiary/aromatic N) is 2. The summed E-state index contributed by atoms with van der Waals surface area (Å²) in [7, 11) is 0. The minimum atomic E-state index is 0.709. The van der Waals surface area contributed by atoms with Crippen molar-refractivity contribution in [2.45, 2.75) is 0 Å². The molecule has 1 aromatic carbocycles. The maximum Gasteiger partial charge on any atom is 0.0731 e. The SMILES string of the molecule is Nc1cc(-c2ccccc2)nc(-c2ccncc2)c1. The summed E-state index contributed by atoms with van der Waals surface area (Å²) in [6.07, 6.45) is 3.50. The molecule has 0 aliphatic carbocycles. The first-order valence-corrected chi connectivity index (χ1v) is 6.06. The average molecular weight is 247 g/mol. The van der Waals surface area contributed by atoms with Gasteiger partial charge in [-0.2, -0.15) is 0 Å². The fourth-order valence-electron chi connectivity index (χ4n) is 1.98. The minimum Gasteiger partial charge on any atom is -0.399 e. The highest BCUT2D eigenvalue weighted by atomic mass is 14.7. The van der Waals surface area contributed by atoms with Crippen LogP contribution >= 0.6 is 0 Å². The van der Waals surface area contributed by atoms with Crippen molar-refractivity contribution in [3.8, 4) is 22.5 Å². The predicted octanol–water partition coefficient (Wildman–Crippen LogP) is 3.39. The van der Waals surface area contributed by atoms with Crippen LogP contribution in [0, 0.1) is 0 Å². The molecule has 0 atom stereocenters. The van der Waals surface area contributed by atoms with E-state index in [1.165, 1.54) is 0 Å². The van der Waals surface area contributed by atoms with Gasteiger partial charge in [-0.25, -0.2) is 4.98 Å². The first-order chi connectivity index (χ1) is 9.33. The van der Waals surface area contributed by atoms with Crippen LogP contribution in [0.3, 0.4) is 0 Å². The summed E-state index contributed by atoms with van der Waals surface area (Å²) in [4.78, 5) is 8.68. The third-order valence-corrected chi connectivity index (χ3v) is 2.89. The molecular formula is C16H13N3. The molecule has 3 heteroatoms. The first kappa shape index (κ1) is 11.4. The number of aromatic nitrogens is 2. The summed E-state index contributed by atoms with van der Waals surface area (Å²) in [6.45, 7) is 0. The van der Waals surface area contributed by atoms with Gasteiger partial charge in [0.2, 0.25) is 0 Å². The molecular weight excluding hydrogens is 234 g/mol. The lowest BCUT2D eigenvalue weighted by Gasteiger charge is -2.07. The Balaban J connectivity index is 2.12. The number of anilines is 1. The van der Waals surface area contributed by atoms with Gasteiger partial charge in [-0.3, -0.25) is 4.98 Å². The van der Waals surface area contributed by atoms with E-state index in [4.69, 9.17) is 5.73 Å². The second kappa shape index (κ2) is 4.90. The summed E-state index contributed by atoms with van der Waals surface area (Å²) in [6, 6.07) is 17.6. The Morgan fingerprint density at radius 2 is 1.32 bits per heavy atom. The Kier molecular flexibility index (Phi) is 2.94. The zero-order valence-electron chi connectivity index (χ0n) is 10.3. The van der Waals surface area contributed by atoms with E-state index in [1.54, 1.807) is 12.4 Å². The van der Waals surface area contributed by atoms with Crippen molar-refractivity contribution < 1.29 is 0 Å². The average Bonchev–Trinajstić information content (AvgIpc) is 2.48. The topological polar surface area (TPSA) is 51.8 Å². The van der Waals surface area contributed by atoms with Crippen LogP contribution in [0.5, 0.6) is 0 Å². The summed E-state index contributed by atoms with van der Waals surface area (Å²) in [5, 5.41) is 0. The molecule has 3 rings (SSSR count). The molecule has 0 aliphatic rings. The third kappa shape index (κ3) is 2.45. The molecule has 0 saturated heterocycles. The van der Waals surface area contributed by atoms with Gasteiger partial charge in [-0.15, -0.1) is 0 Å². The van der Waals surface area contributed by atoms with Gasteiger partial charge >= 0.3 is 0 Å². The molecule has 0 fully saturated rings. The van der Waals surface area contributed by atoms with Gasteiger partial charge in [0.25, 0.3) is 0 Å². The van der Waals surface area contributed by atoms with Crippen molar-refractivity contribution >= 4 is 5.69 Å². The predicted molar refractivity (Wildman–Crippen MR) is 77.3 cm³/mol. The number of benzene rings is 1. The molecule has 3 nitrogen and oxygen atoms in total. The minimum absolute atomic E-state index is 0.709. The molecule has 0 radical (unpaired) electrons. The lowest BCUT2D eigenvalue weighted by atomic mass is 10.1.